The number of carbonyl (C=O) groups excluding carboxylic acids is 1. The third kappa shape index (κ3) is 4.19. The molecule has 3 rings (SSSR count). The maximum absolute atomic E-state index is 12.4. The summed E-state index contributed by atoms with van der Waals surface area (Å²) in [6, 6.07) is 5.70. The minimum Gasteiger partial charge on any atom is -0.393 e. The zero-order valence-electron chi connectivity index (χ0n) is 13.1. The van der Waals surface area contributed by atoms with Gasteiger partial charge in [0, 0.05) is 31.1 Å². The molecular formula is C16H21N3O3S. The van der Waals surface area contributed by atoms with E-state index in [9.17, 15) is 9.90 Å². The SMILES string of the molecule is CN(Cc1cccs1)C(=O)c1cc(CN2CCC(O)CC2)on1. The van der Waals surface area contributed by atoms with Crippen molar-refractivity contribution in [3.05, 3.63) is 39.9 Å². The molecule has 3 heterocycles. The molecule has 1 fully saturated rings. The predicted octanol–water partition coefficient (Wildman–Crippen LogP) is 1.97. The number of thiophene rings is 1. The Hall–Kier alpha value is -1.70. The van der Waals surface area contributed by atoms with Crippen LogP contribution in [0.15, 0.2) is 28.1 Å². The highest BCUT2D eigenvalue weighted by atomic mass is 32.1. The van der Waals surface area contributed by atoms with Crippen LogP contribution in [-0.4, -0.2) is 52.2 Å². The van der Waals surface area contributed by atoms with E-state index in [2.05, 4.69) is 10.1 Å². The van der Waals surface area contributed by atoms with E-state index in [-0.39, 0.29) is 12.0 Å². The second-order valence-electron chi connectivity index (χ2n) is 5.93. The van der Waals surface area contributed by atoms with Gasteiger partial charge in [0.05, 0.1) is 19.2 Å². The quantitative estimate of drug-likeness (QED) is 0.904. The van der Waals surface area contributed by atoms with Crippen LogP contribution in [-0.2, 0) is 13.1 Å². The molecule has 6 nitrogen and oxygen atoms in total. The zero-order chi connectivity index (χ0) is 16.2. The average Bonchev–Trinajstić information content (AvgIpc) is 3.20. The zero-order valence-corrected chi connectivity index (χ0v) is 14.0. The summed E-state index contributed by atoms with van der Waals surface area (Å²) in [5.41, 5.74) is 0.344. The van der Waals surface area contributed by atoms with E-state index in [1.165, 1.54) is 0 Å². The van der Waals surface area contributed by atoms with Crippen molar-refractivity contribution in [2.75, 3.05) is 20.1 Å². The fraction of sp³-hybridized carbons (Fsp3) is 0.500. The van der Waals surface area contributed by atoms with Crippen molar-refractivity contribution in [1.29, 1.82) is 0 Å². The van der Waals surface area contributed by atoms with E-state index in [0.29, 0.717) is 24.5 Å². The highest BCUT2D eigenvalue weighted by Gasteiger charge is 2.21. The Morgan fingerprint density at radius 2 is 2.30 bits per heavy atom. The number of piperidine rings is 1. The first-order valence-electron chi connectivity index (χ1n) is 7.75. The Morgan fingerprint density at radius 3 is 3.00 bits per heavy atom. The first-order chi connectivity index (χ1) is 11.1. The molecule has 1 aliphatic heterocycles. The van der Waals surface area contributed by atoms with Gasteiger partial charge in [0.2, 0.25) is 0 Å². The molecule has 2 aromatic heterocycles. The molecule has 1 saturated heterocycles. The number of nitrogens with zero attached hydrogens (tertiary/aromatic N) is 3. The number of hydrogen-bond donors (Lipinski definition) is 1. The van der Waals surface area contributed by atoms with Gasteiger partial charge in [0.25, 0.3) is 5.91 Å². The van der Waals surface area contributed by atoms with E-state index in [0.717, 1.165) is 30.8 Å². The van der Waals surface area contributed by atoms with Crippen molar-refractivity contribution in [2.24, 2.45) is 0 Å². The van der Waals surface area contributed by atoms with Gasteiger partial charge in [-0.3, -0.25) is 9.69 Å². The van der Waals surface area contributed by atoms with Gasteiger partial charge in [-0.15, -0.1) is 11.3 Å². The molecule has 0 spiro atoms. The summed E-state index contributed by atoms with van der Waals surface area (Å²) in [6.45, 7) is 2.87. The molecule has 0 bridgehead atoms. The molecule has 23 heavy (non-hydrogen) atoms. The molecule has 0 unspecified atom stereocenters. The van der Waals surface area contributed by atoms with Crippen LogP contribution in [0.2, 0.25) is 0 Å². The van der Waals surface area contributed by atoms with Crippen LogP contribution in [0.25, 0.3) is 0 Å². The number of likely N-dealkylation sites (tertiary alicyclic amines) is 1. The minimum absolute atomic E-state index is 0.137. The Morgan fingerprint density at radius 1 is 1.52 bits per heavy atom. The van der Waals surface area contributed by atoms with Crippen molar-refractivity contribution in [2.45, 2.75) is 32.0 Å². The Bertz CT molecular complexity index is 633. The number of hydrogen-bond acceptors (Lipinski definition) is 6. The first-order valence-corrected chi connectivity index (χ1v) is 8.63. The lowest BCUT2D eigenvalue weighted by atomic mass is 10.1. The lowest BCUT2D eigenvalue weighted by Gasteiger charge is -2.28. The van der Waals surface area contributed by atoms with Crippen LogP contribution < -0.4 is 0 Å². The standard InChI is InChI=1S/C16H21N3O3S/c1-18(11-14-3-2-8-23-14)16(21)15-9-13(22-17-15)10-19-6-4-12(20)5-7-19/h2-3,8-9,12,20H,4-7,10-11H2,1H3. The normalized spacial score (nSPS) is 16.6. The highest BCUT2D eigenvalue weighted by molar-refractivity contribution is 7.09. The van der Waals surface area contributed by atoms with Crippen molar-refractivity contribution in [3.63, 3.8) is 0 Å². The molecule has 0 aliphatic carbocycles. The average molecular weight is 335 g/mol. The molecule has 2 aromatic rings. The molecule has 1 amide bonds. The number of aromatic nitrogens is 1. The van der Waals surface area contributed by atoms with Crippen LogP contribution >= 0.6 is 11.3 Å². The number of amides is 1. The Kier molecular flexibility index (Phi) is 5.09. The van der Waals surface area contributed by atoms with Crippen molar-refractivity contribution < 1.29 is 14.4 Å². The van der Waals surface area contributed by atoms with E-state index < -0.39 is 0 Å². The molecular weight excluding hydrogens is 314 g/mol. The summed E-state index contributed by atoms with van der Waals surface area (Å²) >= 11 is 1.63. The summed E-state index contributed by atoms with van der Waals surface area (Å²) in [7, 11) is 1.77. The third-order valence-electron chi connectivity index (χ3n) is 4.03. The summed E-state index contributed by atoms with van der Waals surface area (Å²) in [6.07, 6.45) is 1.37. The largest absolute Gasteiger partial charge is 0.393 e. The molecule has 124 valence electrons. The van der Waals surface area contributed by atoms with Crippen LogP contribution in [0.4, 0.5) is 0 Å². The monoisotopic (exact) mass is 335 g/mol. The van der Waals surface area contributed by atoms with E-state index in [4.69, 9.17) is 4.52 Å². The van der Waals surface area contributed by atoms with E-state index >= 15 is 0 Å². The third-order valence-corrected chi connectivity index (χ3v) is 4.90. The van der Waals surface area contributed by atoms with Crippen molar-refractivity contribution >= 4 is 17.2 Å². The maximum Gasteiger partial charge on any atom is 0.276 e. The lowest BCUT2D eigenvalue weighted by Crippen LogP contribution is -2.35. The van der Waals surface area contributed by atoms with Crippen LogP contribution in [0.3, 0.4) is 0 Å². The van der Waals surface area contributed by atoms with Gasteiger partial charge in [0.1, 0.15) is 0 Å². The van der Waals surface area contributed by atoms with Gasteiger partial charge in [0.15, 0.2) is 11.5 Å². The van der Waals surface area contributed by atoms with Crippen molar-refractivity contribution in [3.8, 4) is 0 Å². The van der Waals surface area contributed by atoms with E-state index in [1.54, 1.807) is 29.4 Å². The van der Waals surface area contributed by atoms with Gasteiger partial charge in [-0.2, -0.15) is 0 Å². The van der Waals surface area contributed by atoms with Gasteiger partial charge >= 0.3 is 0 Å². The van der Waals surface area contributed by atoms with E-state index in [1.807, 2.05) is 17.5 Å². The second kappa shape index (κ2) is 7.25. The molecule has 0 saturated carbocycles. The predicted molar refractivity (Wildman–Crippen MR) is 87.1 cm³/mol. The summed E-state index contributed by atoms with van der Waals surface area (Å²) in [4.78, 5) is 17.4. The number of rotatable bonds is 5. The molecule has 1 N–H and O–H groups in total. The van der Waals surface area contributed by atoms with Gasteiger partial charge in [-0.1, -0.05) is 11.2 Å². The smallest absolute Gasteiger partial charge is 0.276 e. The molecule has 7 heteroatoms. The van der Waals surface area contributed by atoms with Crippen LogP contribution in [0.1, 0.15) is 34.0 Å². The number of carbonyl (C=O) groups is 1. The summed E-state index contributed by atoms with van der Waals surface area (Å²) < 4.78 is 5.30. The van der Waals surface area contributed by atoms with Crippen LogP contribution in [0.5, 0.6) is 0 Å². The fourth-order valence-corrected chi connectivity index (χ4v) is 3.45. The first kappa shape index (κ1) is 16.2. The van der Waals surface area contributed by atoms with Crippen LogP contribution in [0, 0.1) is 0 Å². The lowest BCUT2D eigenvalue weighted by molar-refractivity contribution is 0.0743. The minimum atomic E-state index is -0.191. The highest BCUT2D eigenvalue weighted by Crippen LogP contribution is 2.16. The molecule has 0 radical (unpaired) electrons. The topological polar surface area (TPSA) is 69.8 Å². The number of aliphatic hydroxyl groups is 1. The molecule has 1 aliphatic rings. The van der Waals surface area contributed by atoms with Gasteiger partial charge in [-0.05, 0) is 24.3 Å². The fourth-order valence-electron chi connectivity index (χ4n) is 2.69. The molecule has 0 aromatic carbocycles. The van der Waals surface area contributed by atoms with Gasteiger partial charge in [-0.25, -0.2) is 0 Å². The number of aliphatic hydroxyl groups excluding tert-OH is 1. The van der Waals surface area contributed by atoms with Crippen molar-refractivity contribution in [1.82, 2.24) is 15.0 Å². The molecule has 0 atom stereocenters. The van der Waals surface area contributed by atoms with Gasteiger partial charge < -0.3 is 14.5 Å². The maximum atomic E-state index is 12.4. The Labute approximate surface area is 139 Å². The summed E-state index contributed by atoms with van der Waals surface area (Å²) in [5.74, 6) is 0.553. The Balaban J connectivity index is 1.56. The summed E-state index contributed by atoms with van der Waals surface area (Å²) in [5, 5.41) is 15.4. The second-order valence-corrected chi connectivity index (χ2v) is 6.96.